The van der Waals surface area contributed by atoms with Gasteiger partial charge in [0.1, 0.15) is 11.5 Å². The largest absolute Gasteiger partial charge is 0.466 e. The molecule has 0 bridgehead atoms. The second-order valence-electron chi connectivity index (χ2n) is 6.45. The molecule has 0 spiro atoms. The van der Waals surface area contributed by atoms with Crippen LogP contribution in [0.3, 0.4) is 0 Å². The summed E-state index contributed by atoms with van der Waals surface area (Å²) >= 11 is 9.36. The Balaban J connectivity index is 2.39. The summed E-state index contributed by atoms with van der Waals surface area (Å²) in [6, 6.07) is 15.5. The number of ether oxygens (including phenoxy) is 2. The molecule has 0 fully saturated rings. The first-order valence-electron chi connectivity index (χ1n) is 8.95. The molecule has 0 radical (unpaired) electrons. The molecule has 0 saturated heterocycles. The van der Waals surface area contributed by atoms with Crippen molar-refractivity contribution >= 4 is 45.2 Å². The molecule has 31 heavy (non-hydrogen) atoms. The Morgan fingerprint density at radius 3 is 2.16 bits per heavy atom. The van der Waals surface area contributed by atoms with Crippen LogP contribution in [0, 0.1) is 11.3 Å². The van der Waals surface area contributed by atoms with Gasteiger partial charge in [0.15, 0.2) is 0 Å². The monoisotopic (exact) mass is 501 g/mol. The lowest BCUT2D eigenvalue weighted by atomic mass is 9.81. The van der Waals surface area contributed by atoms with Crippen molar-refractivity contribution < 1.29 is 19.1 Å². The van der Waals surface area contributed by atoms with Crippen molar-refractivity contribution in [3.8, 4) is 6.07 Å². The zero-order chi connectivity index (χ0) is 22.7. The predicted molar refractivity (Wildman–Crippen MR) is 119 cm³/mol. The predicted octanol–water partition coefficient (Wildman–Crippen LogP) is 4.00. The van der Waals surface area contributed by atoms with E-state index in [9.17, 15) is 14.9 Å². The van der Waals surface area contributed by atoms with E-state index in [4.69, 9.17) is 26.8 Å². The van der Waals surface area contributed by atoms with Gasteiger partial charge in [-0.05, 0) is 42.0 Å². The van der Waals surface area contributed by atoms with Gasteiger partial charge in [-0.2, -0.15) is 5.26 Å². The second kappa shape index (κ2) is 9.25. The number of esters is 2. The van der Waals surface area contributed by atoms with Crippen molar-refractivity contribution in [1.82, 2.24) is 0 Å². The van der Waals surface area contributed by atoms with Gasteiger partial charge in [0, 0.05) is 15.2 Å². The van der Waals surface area contributed by atoms with E-state index in [2.05, 4.69) is 22.0 Å². The van der Waals surface area contributed by atoms with Crippen LogP contribution < -0.4 is 10.6 Å². The van der Waals surface area contributed by atoms with E-state index in [1.165, 1.54) is 19.1 Å². The van der Waals surface area contributed by atoms with Gasteiger partial charge in [-0.25, -0.2) is 9.59 Å². The van der Waals surface area contributed by atoms with Crippen molar-refractivity contribution in [2.24, 2.45) is 5.73 Å². The fraction of sp³-hybridized carbons (Fsp3) is 0.136. The number of anilines is 1. The minimum Gasteiger partial charge on any atom is -0.466 e. The lowest BCUT2D eigenvalue weighted by Crippen LogP contribution is -2.40. The first-order valence-corrected chi connectivity index (χ1v) is 10.1. The molecule has 1 atom stereocenters. The van der Waals surface area contributed by atoms with Gasteiger partial charge in [-0.3, -0.25) is 4.90 Å². The molecule has 2 aromatic carbocycles. The maximum Gasteiger partial charge on any atom is 0.355 e. The number of methoxy groups -OCH3 is 2. The van der Waals surface area contributed by atoms with Crippen LogP contribution in [0.5, 0.6) is 0 Å². The fourth-order valence-corrected chi connectivity index (χ4v) is 3.77. The number of rotatable bonds is 4. The van der Waals surface area contributed by atoms with Crippen LogP contribution in [0.15, 0.2) is 75.7 Å². The number of halogens is 2. The number of allylic oxidation sites excluding steroid dienone is 1. The van der Waals surface area contributed by atoms with Gasteiger partial charge < -0.3 is 15.2 Å². The van der Waals surface area contributed by atoms with E-state index in [-0.39, 0.29) is 22.7 Å². The van der Waals surface area contributed by atoms with Crippen LogP contribution in [0.1, 0.15) is 11.5 Å². The summed E-state index contributed by atoms with van der Waals surface area (Å²) in [6.45, 7) is 0. The van der Waals surface area contributed by atoms with Gasteiger partial charge in [-0.15, -0.1) is 0 Å². The standard InChI is InChI=1S/C22H17BrClN3O4/c1-30-21(28)18-17(12-3-5-13(23)6-4-12)16(11-25)20(26)27(19(18)22(29)31-2)15-9-7-14(24)8-10-15/h3-10,17H,26H2,1-2H3. The minimum absolute atomic E-state index is 0.00852. The molecule has 0 amide bonds. The number of carbonyl (C=O) groups is 2. The molecule has 7 nitrogen and oxygen atoms in total. The van der Waals surface area contributed by atoms with Crippen LogP contribution in [0.2, 0.25) is 5.02 Å². The van der Waals surface area contributed by atoms with Gasteiger partial charge >= 0.3 is 11.9 Å². The summed E-state index contributed by atoms with van der Waals surface area (Å²) in [7, 11) is 2.39. The maximum absolute atomic E-state index is 12.9. The number of hydrogen-bond acceptors (Lipinski definition) is 7. The zero-order valence-electron chi connectivity index (χ0n) is 16.6. The van der Waals surface area contributed by atoms with Crippen LogP contribution >= 0.6 is 27.5 Å². The summed E-state index contributed by atoms with van der Waals surface area (Å²) < 4.78 is 10.8. The number of nitriles is 1. The summed E-state index contributed by atoms with van der Waals surface area (Å²) in [6.07, 6.45) is 0. The molecule has 1 heterocycles. The molecule has 9 heteroatoms. The Kier molecular flexibility index (Phi) is 6.68. The number of hydrogen-bond donors (Lipinski definition) is 1. The number of benzene rings is 2. The van der Waals surface area contributed by atoms with E-state index in [1.807, 2.05) is 0 Å². The first kappa shape index (κ1) is 22.4. The van der Waals surface area contributed by atoms with Gasteiger partial charge in [-0.1, -0.05) is 39.7 Å². The molecular weight excluding hydrogens is 486 g/mol. The molecule has 2 aromatic rings. The molecule has 3 rings (SSSR count). The van der Waals surface area contributed by atoms with Gasteiger partial charge in [0.25, 0.3) is 0 Å². The Morgan fingerprint density at radius 1 is 1.06 bits per heavy atom. The molecule has 0 aliphatic carbocycles. The first-order chi connectivity index (χ1) is 14.8. The van der Waals surface area contributed by atoms with Crippen molar-refractivity contribution in [1.29, 1.82) is 5.26 Å². The third-order valence-electron chi connectivity index (χ3n) is 4.77. The minimum atomic E-state index is -0.928. The van der Waals surface area contributed by atoms with Crippen molar-refractivity contribution in [3.63, 3.8) is 0 Å². The summed E-state index contributed by atoms with van der Waals surface area (Å²) in [5.41, 5.74) is 7.29. The number of nitrogens with two attached hydrogens (primary N) is 1. The summed E-state index contributed by atoms with van der Waals surface area (Å²) in [5, 5.41) is 10.4. The van der Waals surface area contributed by atoms with Crippen molar-refractivity contribution in [2.75, 3.05) is 19.1 Å². The Morgan fingerprint density at radius 2 is 1.65 bits per heavy atom. The van der Waals surface area contributed by atoms with Gasteiger partial charge in [0.05, 0.1) is 37.4 Å². The van der Waals surface area contributed by atoms with Crippen LogP contribution in [0.25, 0.3) is 0 Å². The number of nitrogens with zero attached hydrogens (tertiary/aromatic N) is 2. The highest BCUT2D eigenvalue weighted by atomic mass is 79.9. The molecular formula is C22H17BrClN3O4. The van der Waals surface area contributed by atoms with Crippen LogP contribution in [-0.4, -0.2) is 26.2 Å². The average molecular weight is 503 g/mol. The SMILES string of the molecule is COC(=O)C1=C(C(=O)OC)N(c2ccc(Cl)cc2)C(N)=C(C#N)C1c1ccc(Br)cc1. The second-order valence-corrected chi connectivity index (χ2v) is 7.80. The average Bonchev–Trinajstić information content (AvgIpc) is 2.78. The van der Waals surface area contributed by atoms with E-state index < -0.39 is 17.9 Å². The molecule has 0 saturated carbocycles. The molecule has 1 aliphatic rings. The van der Waals surface area contributed by atoms with Crippen LogP contribution in [0.4, 0.5) is 5.69 Å². The van der Waals surface area contributed by atoms with Gasteiger partial charge in [0.2, 0.25) is 0 Å². The quantitative estimate of drug-likeness (QED) is 0.630. The summed E-state index contributed by atoms with van der Waals surface area (Å²) in [5.74, 6) is -2.53. The maximum atomic E-state index is 12.9. The van der Waals surface area contributed by atoms with Crippen molar-refractivity contribution in [2.45, 2.75) is 5.92 Å². The third-order valence-corrected chi connectivity index (χ3v) is 5.55. The molecule has 1 unspecified atom stereocenters. The lowest BCUT2D eigenvalue weighted by Gasteiger charge is -2.35. The summed E-state index contributed by atoms with van der Waals surface area (Å²) in [4.78, 5) is 27.1. The molecule has 1 aliphatic heterocycles. The van der Waals surface area contributed by atoms with E-state index in [1.54, 1.807) is 48.5 Å². The zero-order valence-corrected chi connectivity index (χ0v) is 18.9. The Hall–Kier alpha value is -3.28. The highest BCUT2D eigenvalue weighted by Crippen LogP contribution is 2.43. The Labute approximate surface area is 192 Å². The highest BCUT2D eigenvalue weighted by Gasteiger charge is 2.42. The van der Waals surface area contributed by atoms with E-state index >= 15 is 0 Å². The van der Waals surface area contributed by atoms with Crippen molar-refractivity contribution in [3.05, 3.63) is 86.3 Å². The topological polar surface area (TPSA) is 106 Å². The van der Waals surface area contributed by atoms with E-state index in [0.29, 0.717) is 16.3 Å². The molecule has 158 valence electrons. The third kappa shape index (κ3) is 4.15. The highest BCUT2D eigenvalue weighted by molar-refractivity contribution is 9.10. The molecule has 2 N–H and O–H groups in total. The number of carbonyl (C=O) groups excluding carboxylic acids is 2. The Bertz CT molecular complexity index is 1130. The van der Waals surface area contributed by atoms with E-state index in [0.717, 1.165) is 4.47 Å². The van der Waals surface area contributed by atoms with Crippen LogP contribution in [-0.2, 0) is 19.1 Å². The fourth-order valence-electron chi connectivity index (χ4n) is 3.38. The molecule has 0 aromatic heterocycles. The smallest absolute Gasteiger partial charge is 0.355 e. The lowest BCUT2D eigenvalue weighted by molar-refractivity contribution is -0.139. The normalized spacial score (nSPS) is 16.1.